The number of nitrogens with one attached hydrogen (secondary N) is 2. The number of carboxylic acids is 1. The molecule has 20 heavy (non-hydrogen) atoms. The predicted molar refractivity (Wildman–Crippen MR) is 73.0 cm³/mol. The lowest BCUT2D eigenvalue weighted by atomic mass is 9.70. The van der Waals surface area contributed by atoms with Crippen molar-refractivity contribution in [2.75, 3.05) is 0 Å². The van der Waals surface area contributed by atoms with Crippen LogP contribution >= 0.6 is 0 Å². The molecule has 1 heterocycles. The van der Waals surface area contributed by atoms with E-state index in [2.05, 4.69) is 23.0 Å². The van der Waals surface area contributed by atoms with Gasteiger partial charge in [0.2, 0.25) is 0 Å². The Bertz CT molecular complexity index is 517. The standard InChI is InChI=1S/C15H18N2O3/c18-14-11-8-4-7-10(9-5-2-1-3-6-9)12(11)16-17-13(14)15(19)20/h1-3,5-6,10-13,16-17H,4,7-8H2,(H,19,20). The molecule has 0 aromatic heterocycles. The van der Waals surface area contributed by atoms with Crippen LogP contribution in [0.2, 0.25) is 0 Å². The molecule has 3 N–H and O–H groups in total. The highest BCUT2D eigenvalue weighted by molar-refractivity contribution is 6.04. The van der Waals surface area contributed by atoms with E-state index in [1.165, 1.54) is 5.56 Å². The third kappa shape index (κ3) is 2.23. The molecule has 1 aromatic rings. The summed E-state index contributed by atoms with van der Waals surface area (Å²) in [6, 6.07) is 8.97. The van der Waals surface area contributed by atoms with E-state index >= 15 is 0 Å². The monoisotopic (exact) mass is 274 g/mol. The summed E-state index contributed by atoms with van der Waals surface area (Å²) in [4.78, 5) is 23.4. The van der Waals surface area contributed by atoms with Crippen LogP contribution in [0.5, 0.6) is 0 Å². The maximum absolute atomic E-state index is 12.3. The number of rotatable bonds is 2. The maximum Gasteiger partial charge on any atom is 0.329 e. The summed E-state index contributed by atoms with van der Waals surface area (Å²) in [5.41, 5.74) is 6.95. The second-order valence-electron chi connectivity index (χ2n) is 5.54. The van der Waals surface area contributed by atoms with Crippen molar-refractivity contribution in [2.45, 2.75) is 37.3 Å². The van der Waals surface area contributed by atoms with Crippen molar-refractivity contribution in [1.29, 1.82) is 0 Å². The number of hydrazine groups is 1. The highest BCUT2D eigenvalue weighted by Gasteiger charge is 2.46. The van der Waals surface area contributed by atoms with Crippen LogP contribution < -0.4 is 10.9 Å². The van der Waals surface area contributed by atoms with Crippen molar-refractivity contribution in [2.24, 2.45) is 5.92 Å². The Morgan fingerprint density at radius 1 is 1.10 bits per heavy atom. The molecule has 1 saturated carbocycles. The quantitative estimate of drug-likeness (QED) is 0.703. The number of Topliss-reactive ketones (excluding diaryl/α,β-unsaturated/α-hetero) is 1. The first-order chi connectivity index (χ1) is 9.68. The van der Waals surface area contributed by atoms with Crippen molar-refractivity contribution >= 4 is 11.8 Å². The molecule has 5 nitrogen and oxygen atoms in total. The Kier molecular flexibility index (Phi) is 3.54. The highest BCUT2D eigenvalue weighted by atomic mass is 16.4. The number of carboxylic acid groups (broad SMARTS) is 1. The number of benzene rings is 1. The average Bonchev–Trinajstić information content (AvgIpc) is 2.48. The molecule has 1 aromatic carbocycles. The van der Waals surface area contributed by atoms with Gasteiger partial charge in [-0.3, -0.25) is 10.2 Å². The second kappa shape index (κ2) is 5.34. The summed E-state index contributed by atoms with van der Waals surface area (Å²) < 4.78 is 0. The molecule has 2 fully saturated rings. The van der Waals surface area contributed by atoms with Gasteiger partial charge in [0.1, 0.15) is 0 Å². The first-order valence-corrected chi connectivity index (χ1v) is 7.01. The number of carbonyl (C=O) groups is 2. The molecule has 5 heteroatoms. The number of aliphatic carboxylic acids is 1. The third-order valence-electron chi connectivity index (χ3n) is 4.42. The van der Waals surface area contributed by atoms with Crippen molar-refractivity contribution in [3.63, 3.8) is 0 Å². The Morgan fingerprint density at radius 3 is 2.50 bits per heavy atom. The fourth-order valence-electron chi connectivity index (χ4n) is 3.44. The van der Waals surface area contributed by atoms with Crippen LogP contribution in [0.1, 0.15) is 30.7 Å². The van der Waals surface area contributed by atoms with Crippen molar-refractivity contribution < 1.29 is 14.7 Å². The molecule has 1 aliphatic heterocycles. The zero-order chi connectivity index (χ0) is 14.1. The smallest absolute Gasteiger partial charge is 0.329 e. The fraction of sp³-hybridized carbons (Fsp3) is 0.467. The molecule has 2 aliphatic rings. The maximum atomic E-state index is 12.3. The normalized spacial score (nSPS) is 33.5. The molecule has 106 valence electrons. The third-order valence-corrected chi connectivity index (χ3v) is 4.42. The molecule has 0 radical (unpaired) electrons. The van der Waals surface area contributed by atoms with Crippen molar-refractivity contribution in [3.05, 3.63) is 35.9 Å². The van der Waals surface area contributed by atoms with Crippen LogP contribution in [0.25, 0.3) is 0 Å². The zero-order valence-electron chi connectivity index (χ0n) is 11.1. The first kappa shape index (κ1) is 13.3. The van der Waals surface area contributed by atoms with Gasteiger partial charge in [-0.2, -0.15) is 0 Å². The minimum Gasteiger partial charge on any atom is -0.480 e. The Balaban J connectivity index is 1.85. The predicted octanol–water partition coefficient (Wildman–Crippen LogP) is 1.07. The molecule has 1 aliphatic carbocycles. The summed E-state index contributed by atoms with van der Waals surface area (Å²) in [5, 5.41) is 9.06. The molecule has 3 rings (SSSR count). The van der Waals surface area contributed by atoms with Gasteiger partial charge in [0.25, 0.3) is 0 Å². The van der Waals surface area contributed by atoms with E-state index < -0.39 is 12.0 Å². The summed E-state index contributed by atoms with van der Waals surface area (Å²) in [7, 11) is 0. The van der Waals surface area contributed by atoms with Gasteiger partial charge in [0.15, 0.2) is 11.8 Å². The lowest BCUT2D eigenvalue weighted by Crippen LogP contribution is -2.66. The van der Waals surface area contributed by atoms with E-state index in [-0.39, 0.29) is 23.7 Å². The number of ketones is 1. The number of carbonyl (C=O) groups excluding carboxylic acids is 1. The number of hydrogen-bond acceptors (Lipinski definition) is 4. The average molecular weight is 274 g/mol. The molecule has 0 spiro atoms. The minimum atomic E-state index is -1.12. The summed E-state index contributed by atoms with van der Waals surface area (Å²) >= 11 is 0. The van der Waals surface area contributed by atoms with Crippen LogP contribution in [-0.2, 0) is 9.59 Å². The molecule has 1 saturated heterocycles. The molecule has 4 unspecified atom stereocenters. The summed E-state index contributed by atoms with van der Waals surface area (Å²) in [5.74, 6) is -1.26. The second-order valence-corrected chi connectivity index (χ2v) is 5.54. The van der Waals surface area contributed by atoms with Crippen LogP contribution in [0, 0.1) is 5.92 Å². The summed E-state index contributed by atoms with van der Waals surface area (Å²) in [6.45, 7) is 0. The lowest BCUT2D eigenvalue weighted by Gasteiger charge is -2.43. The van der Waals surface area contributed by atoms with E-state index in [1.807, 2.05) is 18.2 Å². The Labute approximate surface area is 117 Å². The van der Waals surface area contributed by atoms with Gasteiger partial charge in [-0.1, -0.05) is 36.8 Å². The van der Waals surface area contributed by atoms with E-state index in [1.54, 1.807) is 0 Å². The van der Waals surface area contributed by atoms with E-state index in [0.717, 1.165) is 19.3 Å². The Hall–Kier alpha value is -1.72. The molecule has 4 atom stereocenters. The lowest BCUT2D eigenvalue weighted by molar-refractivity contribution is -0.148. The van der Waals surface area contributed by atoms with Gasteiger partial charge in [-0.15, -0.1) is 0 Å². The van der Waals surface area contributed by atoms with Crippen LogP contribution in [0.15, 0.2) is 30.3 Å². The van der Waals surface area contributed by atoms with Crippen molar-refractivity contribution in [1.82, 2.24) is 10.9 Å². The van der Waals surface area contributed by atoms with E-state index in [4.69, 9.17) is 5.11 Å². The molecular formula is C15H18N2O3. The van der Waals surface area contributed by atoms with Gasteiger partial charge in [0.05, 0.1) is 0 Å². The Morgan fingerprint density at radius 2 is 1.80 bits per heavy atom. The SMILES string of the molecule is O=C(O)C1NNC2C(CCCC2c2ccccc2)C1=O. The molecule has 0 amide bonds. The van der Waals surface area contributed by atoms with Crippen LogP contribution in [-0.4, -0.2) is 28.9 Å². The number of fused-ring (bicyclic) bond motifs is 1. The largest absolute Gasteiger partial charge is 0.480 e. The van der Waals surface area contributed by atoms with Crippen LogP contribution in [0.4, 0.5) is 0 Å². The topological polar surface area (TPSA) is 78.4 Å². The van der Waals surface area contributed by atoms with Gasteiger partial charge in [-0.05, 0) is 18.4 Å². The molecule has 0 bridgehead atoms. The van der Waals surface area contributed by atoms with Gasteiger partial charge >= 0.3 is 5.97 Å². The van der Waals surface area contributed by atoms with Gasteiger partial charge < -0.3 is 5.11 Å². The highest BCUT2D eigenvalue weighted by Crippen LogP contribution is 2.38. The van der Waals surface area contributed by atoms with Crippen molar-refractivity contribution in [3.8, 4) is 0 Å². The molecular weight excluding hydrogens is 256 g/mol. The van der Waals surface area contributed by atoms with Gasteiger partial charge in [0, 0.05) is 17.9 Å². The van der Waals surface area contributed by atoms with Gasteiger partial charge in [-0.25, -0.2) is 10.2 Å². The summed E-state index contributed by atoms with van der Waals surface area (Å²) in [6.07, 6.45) is 2.75. The fourth-order valence-corrected chi connectivity index (χ4v) is 3.44. The zero-order valence-corrected chi connectivity index (χ0v) is 11.1. The minimum absolute atomic E-state index is 0.0192. The first-order valence-electron chi connectivity index (χ1n) is 7.01. The van der Waals surface area contributed by atoms with E-state index in [0.29, 0.717) is 0 Å². The van der Waals surface area contributed by atoms with Crippen LogP contribution in [0.3, 0.4) is 0 Å². The number of hydrogen-bond donors (Lipinski definition) is 3. The van der Waals surface area contributed by atoms with E-state index in [9.17, 15) is 9.59 Å².